The van der Waals surface area contributed by atoms with Crippen LogP contribution in [0.15, 0.2) is 0 Å². The van der Waals surface area contributed by atoms with Gasteiger partial charge in [0.25, 0.3) is 0 Å². The minimum absolute atomic E-state index is 0.724. The van der Waals surface area contributed by atoms with E-state index in [4.69, 9.17) is 16.3 Å². The van der Waals surface area contributed by atoms with Crippen molar-refractivity contribution in [1.82, 2.24) is 14.7 Å². The Labute approximate surface area is 116 Å². The minimum Gasteiger partial charge on any atom is -0.383 e. The Morgan fingerprint density at radius 1 is 1.47 bits per heavy atom. The van der Waals surface area contributed by atoms with E-state index < -0.39 is 0 Å². The van der Waals surface area contributed by atoms with Gasteiger partial charge in [0.1, 0.15) is 0 Å². The predicted octanol–water partition coefficient (Wildman–Crippen LogP) is 2.23. The van der Waals surface area contributed by atoms with Gasteiger partial charge >= 0.3 is 0 Å². The molecule has 0 amide bonds. The predicted molar refractivity (Wildman–Crippen MR) is 73.9 cm³/mol. The van der Waals surface area contributed by atoms with Crippen LogP contribution < -0.4 is 0 Å². The Hall–Kier alpha value is -0.100. The molecule has 0 spiro atoms. The fourth-order valence-electron chi connectivity index (χ4n) is 1.67. The van der Waals surface area contributed by atoms with Crippen molar-refractivity contribution >= 4 is 27.5 Å². The molecule has 0 aliphatic carbocycles. The summed E-state index contributed by atoms with van der Waals surface area (Å²) in [5.41, 5.74) is 1.94. The van der Waals surface area contributed by atoms with Crippen LogP contribution in [0, 0.1) is 6.92 Å². The lowest BCUT2D eigenvalue weighted by Crippen LogP contribution is -2.29. The summed E-state index contributed by atoms with van der Waals surface area (Å²) < 4.78 is 6.96. The molecule has 0 atom stereocenters. The number of methoxy groups -OCH3 is 1. The zero-order valence-electron chi connectivity index (χ0n) is 10.5. The van der Waals surface area contributed by atoms with E-state index in [1.165, 1.54) is 0 Å². The molecule has 1 aromatic heterocycles. The second kappa shape index (κ2) is 7.36. The summed E-state index contributed by atoms with van der Waals surface area (Å²) in [5.74, 6) is 0. The Kier molecular flexibility index (Phi) is 6.48. The summed E-state index contributed by atoms with van der Waals surface area (Å²) >= 11 is 9.70. The minimum atomic E-state index is 0.724. The number of nitrogens with zero attached hydrogens (tertiary/aromatic N) is 3. The summed E-state index contributed by atoms with van der Waals surface area (Å²) in [6, 6.07) is 0. The first kappa shape index (κ1) is 15.0. The fourth-order valence-corrected chi connectivity index (χ4v) is 2.39. The molecule has 6 heteroatoms. The number of aryl methyl sites for hydroxylation is 2. The van der Waals surface area contributed by atoms with Gasteiger partial charge in [-0.25, -0.2) is 0 Å². The van der Waals surface area contributed by atoms with Gasteiger partial charge < -0.3 is 4.74 Å². The van der Waals surface area contributed by atoms with Gasteiger partial charge in [0.05, 0.1) is 23.0 Å². The highest BCUT2D eigenvalue weighted by Crippen LogP contribution is 2.20. The molecule has 17 heavy (non-hydrogen) atoms. The lowest BCUT2D eigenvalue weighted by atomic mass is 10.3. The van der Waals surface area contributed by atoms with E-state index in [-0.39, 0.29) is 0 Å². The van der Waals surface area contributed by atoms with Crippen LogP contribution in [-0.4, -0.2) is 46.8 Å². The van der Waals surface area contributed by atoms with Crippen molar-refractivity contribution in [3.05, 3.63) is 16.4 Å². The standard InChI is InChI=1S/C11H19BrClN3O/c1-9-11(13)10(15(2)14-9)8-16(5-4-12)6-7-17-3/h4-8H2,1-3H3. The molecule has 0 aromatic carbocycles. The van der Waals surface area contributed by atoms with E-state index in [2.05, 4.69) is 25.9 Å². The highest BCUT2D eigenvalue weighted by Gasteiger charge is 2.14. The third-order valence-corrected chi connectivity index (χ3v) is 3.49. The maximum Gasteiger partial charge on any atom is 0.0860 e. The van der Waals surface area contributed by atoms with Crippen LogP contribution in [0.1, 0.15) is 11.4 Å². The van der Waals surface area contributed by atoms with Crippen molar-refractivity contribution in [2.45, 2.75) is 13.5 Å². The molecule has 0 bridgehead atoms. The Balaban J connectivity index is 2.70. The van der Waals surface area contributed by atoms with Gasteiger partial charge in [0.15, 0.2) is 0 Å². The van der Waals surface area contributed by atoms with E-state index in [9.17, 15) is 0 Å². The average Bonchev–Trinajstić information content (AvgIpc) is 2.53. The molecule has 4 nitrogen and oxygen atoms in total. The normalized spacial score (nSPS) is 11.4. The molecule has 0 saturated carbocycles. The molecule has 0 aliphatic rings. The lowest BCUT2D eigenvalue weighted by Gasteiger charge is -2.21. The van der Waals surface area contributed by atoms with Crippen LogP contribution in [-0.2, 0) is 18.3 Å². The third kappa shape index (κ3) is 4.25. The number of aromatic nitrogens is 2. The number of alkyl halides is 1. The van der Waals surface area contributed by atoms with Crippen LogP contribution in [0.2, 0.25) is 5.02 Å². The summed E-state index contributed by atoms with van der Waals surface area (Å²) in [5, 5.41) is 6.02. The van der Waals surface area contributed by atoms with Crippen molar-refractivity contribution in [1.29, 1.82) is 0 Å². The molecular weight excluding hydrogens is 305 g/mol. The molecule has 1 rings (SSSR count). The summed E-state index contributed by atoms with van der Waals surface area (Å²) in [4.78, 5) is 2.29. The Morgan fingerprint density at radius 3 is 2.65 bits per heavy atom. The highest BCUT2D eigenvalue weighted by atomic mass is 79.9. The van der Waals surface area contributed by atoms with Crippen molar-refractivity contribution in [2.24, 2.45) is 7.05 Å². The van der Waals surface area contributed by atoms with Crippen molar-refractivity contribution in [3.63, 3.8) is 0 Å². The quantitative estimate of drug-likeness (QED) is 0.721. The van der Waals surface area contributed by atoms with Gasteiger partial charge in [0.2, 0.25) is 0 Å². The third-order valence-electron chi connectivity index (χ3n) is 2.65. The van der Waals surface area contributed by atoms with Gasteiger partial charge in [-0.05, 0) is 6.92 Å². The number of rotatable bonds is 7. The molecule has 1 aromatic rings. The van der Waals surface area contributed by atoms with E-state index in [1.54, 1.807) is 7.11 Å². The van der Waals surface area contributed by atoms with Gasteiger partial charge in [-0.2, -0.15) is 5.10 Å². The maximum atomic E-state index is 6.24. The van der Waals surface area contributed by atoms with E-state index in [1.807, 2.05) is 18.7 Å². The first-order valence-electron chi connectivity index (χ1n) is 5.55. The van der Waals surface area contributed by atoms with Crippen molar-refractivity contribution < 1.29 is 4.74 Å². The van der Waals surface area contributed by atoms with E-state index >= 15 is 0 Å². The van der Waals surface area contributed by atoms with Crippen LogP contribution in [0.4, 0.5) is 0 Å². The van der Waals surface area contributed by atoms with Crippen molar-refractivity contribution in [3.8, 4) is 0 Å². The number of ether oxygens (including phenoxy) is 1. The largest absolute Gasteiger partial charge is 0.383 e. The zero-order chi connectivity index (χ0) is 12.8. The monoisotopic (exact) mass is 323 g/mol. The van der Waals surface area contributed by atoms with Crippen LogP contribution in [0.25, 0.3) is 0 Å². The maximum absolute atomic E-state index is 6.24. The topological polar surface area (TPSA) is 30.3 Å². The van der Waals surface area contributed by atoms with Crippen LogP contribution >= 0.6 is 27.5 Å². The second-order valence-corrected chi connectivity index (χ2v) is 5.10. The van der Waals surface area contributed by atoms with E-state index in [0.717, 1.165) is 48.0 Å². The fraction of sp³-hybridized carbons (Fsp3) is 0.727. The van der Waals surface area contributed by atoms with E-state index in [0.29, 0.717) is 0 Å². The molecule has 1 heterocycles. The smallest absolute Gasteiger partial charge is 0.0860 e. The van der Waals surface area contributed by atoms with Gasteiger partial charge in [-0.3, -0.25) is 9.58 Å². The SMILES string of the molecule is COCCN(CCBr)Cc1c(Cl)c(C)nn1C. The highest BCUT2D eigenvalue weighted by molar-refractivity contribution is 9.09. The first-order valence-corrected chi connectivity index (χ1v) is 7.05. The summed E-state index contributed by atoms with van der Waals surface area (Å²) in [6.07, 6.45) is 0. The Bertz CT molecular complexity index is 357. The average molecular weight is 325 g/mol. The first-order chi connectivity index (χ1) is 8.10. The number of hydrogen-bond donors (Lipinski definition) is 0. The second-order valence-electron chi connectivity index (χ2n) is 3.93. The molecule has 0 radical (unpaired) electrons. The lowest BCUT2D eigenvalue weighted by molar-refractivity contribution is 0.147. The molecular formula is C11H19BrClN3O. The molecule has 0 fully saturated rings. The molecule has 0 N–H and O–H groups in total. The molecule has 0 saturated heterocycles. The molecule has 98 valence electrons. The van der Waals surface area contributed by atoms with Gasteiger partial charge in [-0.15, -0.1) is 0 Å². The molecule has 0 unspecified atom stereocenters. The van der Waals surface area contributed by atoms with Gasteiger partial charge in [-0.1, -0.05) is 27.5 Å². The number of hydrogen-bond acceptors (Lipinski definition) is 3. The van der Waals surface area contributed by atoms with Gasteiger partial charge in [0, 0.05) is 39.1 Å². The number of halogens is 2. The zero-order valence-corrected chi connectivity index (χ0v) is 12.9. The summed E-state index contributed by atoms with van der Waals surface area (Å²) in [7, 11) is 3.64. The van der Waals surface area contributed by atoms with Crippen LogP contribution in [0.5, 0.6) is 0 Å². The van der Waals surface area contributed by atoms with Crippen LogP contribution in [0.3, 0.4) is 0 Å². The molecule has 0 aliphatic heterocycles. The van der Waals surface area contributed by atoms with Crippen molar-refractivity contribution in [2.75, 3.05) is 32.1 Å². The Morgan fingerprint density at radius 2 is 2.18 bits per heavy atom. The summed E-state index contributed by atoms with van der Waals surface area (Å²) in [6.45, 7) is 5.30.